The zero-order valence-electron chi connectivity index (χ0n) is 18.7. The normalized spacial score (nSPS) is 21.2. The van der Waals surface area contributed by atoms with E-state index in [1.54, 1.807) is 23.1 Å². The SMILES string of the molecule is COc1cc([C@H]2C(C(=O)N3CCOCC3)=C(C)NC3=C2C(=O)CCC3)ccc1OC(C)=O. The number of nitrogens with zero attached hydrogens (tertiary/aromatic N) is 1. The second kappa shape index (κ2) is 9.16. The molecule has 1 aromatic carbocycles. The smallest absolute Gasteiger partial charge is 0.308 e. The fourth-order valence-corrected chi connectivity index (χ4v) is 4.64. The summed E-state index contributed by atoms with van der Waals surface area (Å²) in [6.07, 6.45) is 2.00. The summed E-state index contributed by atoms with van der Waals surface area (Å²) in [5.74, 6) is -0.358. The summed E-state index contributed by atoms with van der Waals surface area (Å²) >= 11 is 0. The summed E-state index contributed by atoms with van der Waals surface area (Å²) < 4.78 is 16.1. The Morgan fingerprint density at radius 1 is 1.16 bits per heavy atom. The molecule has 4 rings (SSSR count). The van der Waals surface area contributed by atoms with Crippen molar-refractivity contribution in [2.75, 3.05) is 33.4 Å². The Balaban J connectivity index is 1.82. The minimum atomic E-state index is -0.519. The molecule has 8 nitrogen and oxygen atoms in total. The highest BCUT2D eigenvalue weighted by atomic mass is 16.6. The monoisotopic (exact) mass is 440 g/mol. The number of ketones is 1. The molecular weight excluding hydrogens is 412 g/mol. The lowest BCUT2D eigenvalue weighted by molar-refractivity contribution is -0.132. The number of nitrogens with one attached hydrogen (secondary N) is 1. The van der Waals surface area contributed by atoms with Crippen molar-refractivity contribution in [2.45, 2.75) is 39.0 Å². The lowest BCUT2D eigenvalue weighted by Crippen LogP contribution is -2.44. The summed E-state index contributed by atoms with van der Waals surface area (Å²) in [5, 5.41) is 3.34. The second-order valence-corrected chi connectivity index (χ2v) is 8.17. The van der Waals surface area contributed by atoms with E-state index in [-0.39, 0.29) is 11.7 Å². The maximum atomic E-state index is 13.6. The number of methoxy groups -OCH3 is 1. The Hall–Kier alpha value is -3.13. The molecule has 1 amide bonds. The number of allylic oxidation sites excluding steroid dienone is 3. The van der Waals surface area contributed by atoms with Gasteiger partial charge in [-0.3, -0.25) is 14.4 Å². The lowest BCUT2D eigenvalue weighted by Gasteiger charge is -2.37. The van der Waals surface area contributed by atoms with E-state index in [0.29, 0.717) is 55.4 Å². The van der Waals surface area contributed by atoms with Crippen LogP contribution in [0.2, 0.25) is 0 Å². The second-order valence-electron chi connectivity index (χ2n) is 8.17. The molecule has 1 N–H and O–H groups in total. The first-order valence-electron chi connectivity index (χ1n) is 10.9. The predicted octanol–water partition coefficient (Wildman–Crippen LogP) is 2.45. The van der Waals surface area contributed by atoms with Gasteiger partial charge in [-0.2, -0.15) is 0 Å². The molecule has 32 heavy (non-hydrogen) atoms. The average Bonchev–Trinajstić information content (AvgIpc) is 2.78. The first-order chi connectivity index (χ1) is 15.4. The van der Waals surface area contributed by atoms with Crippen LogP contribution in [0, 0.1) is 0 Å². The van der Waals surface area contributed by atoms with Crippen molar-refractivity contribution in [3.8, 4) is 11.5 Å². The van der Waals surface area contributed by atoms with E-state index >= 15 is 0 Å². The van der Waals surface area contributed by atoms with Gasteiger partial charge in [0.25, 0.3) is 5.91 Å². The van der Waals surface area contributed by atoms with Crippen LogP contribution in [0.15, 0.2) is 40.7 Å². The van der Waals surface area contributed by atoms with Gasteiger partial charge in [-0.15, -0.1) is 0 Å². The van der Waals surface area contributed by atoms with Gasteiger partial charge in [0.2, 0.25) is 0 Å². The molecule has 1 atom stereocenters. The number of ether oxygens (including phenoxy) is 3. The molecule has 3 aliphatic rings. The maximum Gasteiger partial charge on any atom is 0.308 e. The number of carbonyl (C=O) groups excluding carboxylic acids is 3. The number of esters is 1. The number of Topliss-reactive ketones (excluding diaryl/α,β-unsaturated/α-hetero) is 1. The summed E-state index contributed by atoms with van der Waals surface area (Å²) in [5.41, 5.74) is 3.58. The molecule has 1 aliphatic carbocycles. The van der Waals surface area contributed by atoms with Gasteiger partial charge in [-0.1, -0.05) is 6.07 Å². The van der Waals surface area contributed by atoms with Crippen molar-refractivity contribution >= 4 is 17.7 Å². The highest BCUT2D eigenvalue weighted by molar-refractivity contribution is 6.05. The Labute approximate surface area is 187 Å². The average molecular weight is 440 g/mol. The van der Waals surface area contributed by atoms with Crippen molar-refractivity contribution in [1.82, 2.24) is 10.2 Å². The van der Waals surface area contributed by atoms with Gasteiger partial charge in [0.1, 0.15) is 0 Å². The van der Waals surface area contributed by atoms with Crippen molar-refractivity contribution in [1.29, 1.82) is 0 Å². The molecule has 1 fully saturated rings. The highest BCUT2D eigenvalue weighted by Crippen LogP contribution is 2.44. The summed E-state index contributed by atoms with van der Waals surface area (Å²) in [7, 11) is 1.49. The third kappa shape index (κ3) is 4.14. The zero-order chi connectivity index (χ0) is 22.8. The molecular formula is C24H28N2O6. The van der Waals surface area contributed by atoms with Crippen LogP contribution in [0.3, 0.4) is 0 Å². The Morgan fingerprint density at radius 2 is 1.91 bits per heavy atom. The van der Waals surface area contributed by atoms with Crippen LogP contribution in [0.4, 0.5) is 0 Å². The van der Waals surface area contributed by atoms with Gasteiger partial charge in [-0.05, 0) is 37.5 Å². The standard InChI is InChI=1S/C24H28N2O6/c1-14-21(24(29)26-9-11-31-12-10-26)22(23-17(25-14)5-4-6-18(23)28)16-7-8-19(32-15(2)27)20(13-16)30-3/h7-8,13,22,25H,4-6,9-12H2,1-3H3/t22-/m0/s1. The molecule has 170 valence electrons. The molecule has 0 saturated carbocycles. The van der Waals surface area contributed by atoms with Crippen LogP contribution in [-0.2, 0) is 19.1 Å². The molecule has 0 radical (unpaired) electrons. The molecule has 1 aromatic rings. The van der Waals surface area contributed by atoms with Gasteiger partial charge in [0.05, 0.1) is 20.3 Å². The van der Waals surface area contributed by atoms with E-state index in [9.17, 15) is 14.4 Å². The number of benzene rings is 1. The molecule has 1 saturated heterocycles. The van der Waals surface area contributed by atoms with Crippen LogP contribution in [0.5, 0.6) is 11.5 Å². The van der Waals surface area contributed by atoms with Crippen LogP contribution in [0.25, 0.3) is 0 Å². The van der Waals surface area contributed by atoms with Crippen molar-refractivity contribution in [3.05, 3.63) is 46.3 Å². The largest absolute Gasteiger partial charge is 0.493 e. The fourth-order valence-electron chi connectivity index (χ4n) is 4.64. The molecule has 8 heteroatoms. The maximum absolute atomic E-state index is 13.6. The van der Waals surface area contributed by atoms with Gasteiger partial charge in [-0.25, -0.2) is 0 Å². The summed E-state index contributed by atoms with van der Waals surface area (Å²) in [6, 6.07) is 5.20. The van der Waals surface area contributed by atoms with Crippen molar-refractivity contribution in [2.24, 2.45) is 0 Å². The van der Waals surface area contributed by atoms with Gasteiger partial charge < -0.3 is 24.4 Å². The number of amides is 1. The van der Waals surface area contributed by atoms with E-state index in [2.05, 4.69) is 5.32 Å². The summed E-state index contributed by atoms with van der Waals surface area (Å²) in [4.78, 5) is 39.9. The molecule has 0 spiro atoms. The number of dihydropyridines is 1. The van der Waals surface area contributed by atoms with Crippen molar-refractivity contribution in [3.63, 3.8) is 0 Å². The molecule has 2 heterocycles. The Bertz CT molecular complexity index is 1020. The van der Waals surface area contributed by atoms with Gasteiger partial charge >= 0.3 is 5.97 Å². The van der Waals surface area contributed by atoms with E-state index in [0.717, 1.165) is 29.8 Å². The predicted molar refractivity (Wildman–Crippen MR) is 116 cm³/mol. The number of rotatable bonds is 4. The fraction of sp³-hybridized carbons (Fsp3) is 0.458. The Morgan fingerprint density at radius 3 is 2.59 bits per heavy atom. The van der Waals surface area contributed by atoms with E-state index in [1.807, 2.05) is 6.92 Å². The number of hydrogen-bond donors (Lipinski definition) is 1. The minimum absolute atomic E-state index is 0.0477. The number of carbonyl (C=O) groups is 3. The molecule has 0 unspecified atom stereocenters. The number of morpholine rings is 1. The van der Waals surface area contributed by atoms with E-state index in [4.69, 9.17) is 14.2 Å². The summed E-state index contributed by atoms with van der Waals surface area (Å²) in [6.45, 7) is 5.22. The third-order valence-corrected chi connectivity index (χ3v) is 6.08. The van der Waals surface area contributed by atoms with Gasteiger partial charge in [0, 0.05) is 54.9 Å². The number of hydrogen-bond acceptors (Lipinski definition) is 7. The minimum Gasteiger partial charge on any atom is -0.493 e. The third-order valence-electron chi connectivity index (χ3n) is 6.08. The Kier molecular flexibility index (Phi) is 6.32. The zero-order valence-corrected chi connectivity index (χ0v) is 18.7. The quantitative estimate of drug-likeness (QED) is 0.568. The van der Waals surface area contributed by atoms with Crippen molar-refractivity contribution < 1.29 is 28.6 Å². The lowest BCUT2D eigenvalue weighted by atomic mass is 9.74. The highest BCUT2D eigenvalue weighted by Gasteiger charge is 2.40. The molecule has 0 bridgehead atoms. The first kappa shape index (κ1) is 22.1. The van der Waals surface area contributed by atoms with E-state index in [1.165, 1.54) is 14.0 Å². The first-order valence-corrected chi connectivity index (χ1v) is 10.9. The van der Waals surface area contributed by atoms with Crippen LogP contribution in [0.1, 0.15) is 44.6 Å². The van der Waals surface area contributed by atoms with Crippen LogP contribution in [-0.4, -0.2) is 56.0 Å². The van der Waals surface area contributed by atoms with Gasteiger partial charge in [0.15, 0.2) is 17.3 Å². The van der Waals surface area contributed by atoms with Crippen LogP contribution < -0.4 is 14.8 Å². The van der Waals surface area contributed by atoms with E-state index < -0.39 is 11.9 Å². The molecule has 0 aromatic heterocycles. The molecule has 2 aliphatic heterocycles. The van der Waals surface area contributed by atoms with Crippen LogP contribution >= 0.6 is 0 Å². The topological polar surface area (TPSA) is 94.2 Å².